The highest BCUT2D eigenvalue weighted by Gasteiger charge is 2.23. The van der Waals surface area contributed by atoms with Gasteiger partial charge in [-0.25, -0.2) is 0 Å². The largest absolute Gasteiger partial charge is 0.756 e. The molecule has 0 aromatic rings. The Bertz CT molecular complexity index is 1550. The molecule has 0 heterocycles. The lowest BCUT2D eigenvalue weighted by molar-refractivity contribution is -0.870. The van der Waals surface area contributed by atoms with Crippen molar-refractivity contribution in [2.24, 2.45) is 0 Å². The molecule has 0 aliphatic carbocycles. The number of phosphoric ester groups is 1. The lowest BCUT2D eigenvalue weighted by atomic mass is 10.0. The van der Waals surface area contributed by atoms with E-state index in [0.717, 1.165) is 51.4 Å². The number of aliphatic hydroxyl groups is 1. The summed E-state index contributed by atoms with van der Waals surface area (Å²) in [4.78, 5) is 25.6. The molecule has 9 heteroatoms. The van der Waals surface area contributed by atoms with Crippen molar-refractivity contribution in [1.29, 1.82) is 0 Å². The van der Waals surface area contributed by atoms with Crippen LogP contribution < -0.4 is 10.2 Å². The number of unbranched alkanes of at least 4 members (excludes halogenated alkanes) is 47. The minimum absolute atomic E-state index is 0.00621. The Morgan fingerprint density at radius 2 is 0.702 bits per heavy atom. The number of nitrogens with one attached hydrogen (secondary N) is 1. The molecule has 0 rings (SSSR count). The molecule has 3 unspecified atom stereocenters. The van der Waals surface area contributed by atoms with Crippen LogP contribution in [0.2, 0.25) is 0 Å². The minimum Gasteiger partial charge on any atom is -0.756 e. The second kappa shape index (κ2) is 65.6. The van der Waals surface area contributed by atoms with Crippen molar-refractivity contribution in [2.75, 3.05) is 40.9 Å². The van der Waals surface area contributed by atoms with Gasteiger partial charge in [0.05, 0.1) is 39.9 Å². The van der Waals surface area contributed by atoms with Crippen LogP contribution in [0.25, 0.3) is 0 Å². The van der Waals surface area contributed by atoms with Gasteiger partial charge in [-0.15, -0.1) is 0 Å². The van der Waals surface area contributed by atoms with Crippen LogP contribution in [0.5, 0.6) is 0 Å². The monoisotopic (exact) mass is 1200 g/mol. The van der Waals surface area contributed by atoms with Crippen LogP contribution in [-0.4, -0.2) is 68.5 Å². The molecule has 0 aromatic heterocycles. The zero-order valence-corrected chi connectivity index (χ0v) is 57.5. The number of aliphatic hydroxyl groups excluding tert-OH is 1. The van der Waals surface area contributed by atoms with E-state index < -0.39 is 26.6 Å². The second-order valence-corrected chi connectivity index (χ2v) is 27.7. The van der Waals surface area contributed by atoms with E-state index in [0.29, 0.717) is 17.4 Å². The molecule has 1 amide bonds. The third kappa shape index (κ3) is 67.7. The van der Waals surface area contributed by atoms with Gasteiger partial charge in [0.1, 0.15) is 13.2 Å². The average molecular weight is 1200 g/mol. The Labute approximate surface area is 523 Å². The van der Waals surface area contributed by atoms with Crippen molar-refractivity contribution in [2.45, 2.75) is 373 Å². The molecule has 3 atom stereocenters. The van der Waals surface area contributed by atoms with Crippen LogP contribution >= 0.6 is 7.82 Å². The fourth-order valence-corrected chi connectivity index (χ4v) is 11.7. The number of likely N-dealkylation sites (N-methyl/N-ethyl adjacent to an activating group) is 1. The molecule has 0 aromatic carbocycles. The first-order chi connectivity index (χ1) is 41.0. The predicted octanol–water partition coefficient (Wildman–Crippen LogP) is 22.9. The van der Waals surface area contributed by atoms with E-state index in [-0.39, 0.29) is 12.5 Å². The quantitative estimate of drug-likeness (QED) is 0.0272. The molecule has 0 aliphatic rings. The first kappa shape index (κ1) is 82.2. The van der Waals surface area contributed by atoms with Gasteiger partial charge in [-0.1, -0.05) is 344 Å². The average Bonchev–Trinajstić information content (AvgIpc) is 3.56. The highest BCUT2D eigenvalue weighted by atomic mass is 31.2. The highest BCUT2D eigenvalue weighted by molar-refractivity contribution is 7.45. The number of carbonyl (C=O) groups is 1. The van der Waals surface area contributed by atoms with Crippen molar-refractivity contribution < 1.29 is 32.9 Å². The number of allylic oxidation sites excluding steroid dienone is 9. The van der Waals surface area contributed by atoms with Gasteiger partial charge < -0.3 is 28.8 Å². The van der Waals surface area contributed by atoms with Crippen LogP contribution in [0.3, 0.4) is 0 Å². The summed E-state index contributed by atoms with van der Waals surface area (Å²) in [6.07, 6.45) is 90.8. The normalized spacial score (nSPS) is 13.9. The number of hydrogen-bond acceptors (Lipinski definition) is 6. The van der Waals surface area contributed by atoms with E-state index in [4.69, 9.17) is 9.05 Å². The molecule has 84 heavy (non-hydrogen) atoms. The van der Waals surface area contributed by atoms with Gasteiger partial charge in [-0.2, -0.15) is 0 Å². The number of carbonyl (C=O) groups excluding carboxylic acids is 1. The molecule has 494 valence electrons. The number of nitrogens with zero attached hydrogens (tertiary/aromatic N) is 1. The summed E-state index contributed by atoms with van der Waals surface area (Å²) < 4.78 is 23.5. The summed E-state index contributed by atoms with van der Waals surface area (Å²) in [6.45, 7) is 4.67. The Morgan fingerprint density at radius 3 is 1.05 bits per heavy atom. The van der Waals surface area contributed by atoms with Gasteiger partial charge in [-0.05, 0) is 70.6 Å². The molecular weight excluding hydrogens is 1060 g/mol. The maximum absolute atomic E-state index is 13.0. The summed E-state index contributed by atoms with van der Waals surface area (Å²) in [5.41, 5.74) is 0. The molecule has 0 fully saturated rings. The lowest BCUT2D eigenvalue weighted by Gasteiger charge is -2.29. The minimum atomic E-state index is -4.61. The van der Waals surface area contributed by atoms with Gasteiger partial charge >= 0.3 is 0 Å². The first-order valence-electron chi connectivity index (χ1n) is 36.7. The van der Waals surface area contributed by atoms with Crippen molar-refractivity contribution >= 4 is 13.7 Å². The van der Waals surface area contributed by atoms with Crippen LogP contribution in [0, 0.1) is 0 Å². The zero-order valence-electron chi connectivity index (χ0n) is 56.6. The molecule has 0 aliphatic heterocycles. The van der Waals surface area contributed by atoms with E-state index in [2.05, 4.69) is 67.8 Å². The Morgan fingerprint density at radius 1 is 0.417 bits per heavy atom. The number of quaternary nitrogens is 1. The lowest BCUT2D eigenvalue weighted by Crippen LogP contribution is -2.45. The molecular formula is C75H143N2O6P. The van der Waals surface area contributed by atoms with E-state index in [1.165, 1.54) is 289 Å². The summed E-state index contributed by atoms with van der Waals surface area (Å²) in [5, 5.41) is 14.0. The fraction of sp³-hybridized carbons (Fsp3) is 0.853. The molecule has 0 saturated heterocycles. The second-order valence-electron chi connectivity index (χ2n) is 26.3. The third-order valence-electron chi connectivity index (χ3n) is 16.7. The first-order valence-corrected chi connectivity index (χ1v) is 38.1. The Kier molecular flexibility index (Phi) is 64.2. The van der Waals surface area contributed by atoms with Crippen molar-refractivity contribution in [1.82, 2.24) is 5.32 Å². The van der Waals surface area contributed by atoms with E-state index in [9.17, 15) is 19.4 Å². The molecule has 0 saturated carbocycles. The van der Waals surface area contributed by atoms with E-state index in [1.54, 1.807) is 6.08 Å². The highest BCUT2D eigenvalue weighted by Crippen LogP contribution is 2.38. The van der Waals surface area contributed by atoms with Crippen molar-refractivity contribution in [3.63, 3.8) is 0 Å². The van der Waals surface area contributed by atoms with E-state index in [1.807, 2.05) is 27.2 Å². The molecule has 0 bridgehead atoms. The van der Waals surface area contributed by atoms with Gasteiger partial charge in [-0.3, -0.25) is 9.36 Å². The fourth-order valence-electron chi connectivity index (χ4n) is 11.0. The van der Waals surface area contributed by atoms with Crippen LogP contribution in [0.4, 0.5) is 0 Å². The van der Waals surface area contributed by atoms with Gasteiger partial charge in [0.15, 0.2) is 0 Å². The van der Waals surface area contributed by atoms with Crippen molar-refractivity contribution in [3.8, 4) is 0 Å². The topological polar surface area (TPSA) is 108 Å². The van der Waals surface area contributed by atoms with E-state index >= 15 is 0 Å². The van der Waals surface area contributed by atoms with Crippen molar-refractivity contribution in [3.05, 3.63) is 60.8 Å². The number of phosphoric acid groups is 1. The third-order valence-corrected chi connectivity index (χ3v) is 17.7. The summed E-state index contributed by atoms with van der Waals surface area (Å²) in [7, 11) is 1.26. The van der Waals surface area contributed by atoms with Gasteiger partial charge in [0.25, 0.3) is 7.82 Å². The number of hydrogen-bond donors (Lipinski definition) is 2. The number of rotatable bonds is 68. The number of amides is 1. The molecule has 0 spiro atoms. The van der Waals surface area contributed by atoms with Crippen LogP contribution in [0.15, 0.2) is 60.8 Å². The zero-order chi connectivity index (χ0) is 61.2. The standard InChI is InChI=1S/C75H143N2O6P/c1-6-8-10-12-14-16-18-20-22-24-26-28-30-32-34-36-37-38-39-41-43-45-47-49-51-53-55-57-59-61-63-65-67-69-75(79)76-73(72-83-84(80,81)82-71-70-77(3,4)5)74(78)68-66-64-62-60-58-56-54-52-50-48-46-44-42-40-35-33-31-29-27-25-23-21-19-17-15-13-11-9-7-2/h18,20,24,26,30,32,58,60,66,68,73-74,78H,6-17,19,21-23,25,27-29,31,33-57,59,61-65,67,69-72H2,1-5H3,(H-,76,79,80,81)/b20-18-,26-24-,32-30-,60-58+,68-66+. The smallest absolute Gasteiger partial charge is 0.268 e. The van der Waals surface area contributed by atoms with Gasteiger partial charge in [0.2, 0.25) is 5.91 Å². The molecule has 0 radical (unpaired) electrons. The predicted molar refractivity (Wildman–Crippen MR) is 367 cm³/mol. The SMILES string of the molecule is CCCCCCC/C=C\C/C=C\C/C=C\CCCCCCCCCCCCCCCCCCCCC(=O)NC(COP(=O)([O-])OCC[N+](C)(C)C)C(O)/C=C/CC/C=C/CCCCCCCCCCCCCCCCCCCCCCCCC. The van der Waals surface area contributed by atoms with Crippen LogP contribution in [0.1, 0.15) is 361 Å². The molecule has 2 N–H and O–H groups in total. The van der Waals surface area contributed by atoms with Gasteiger partial charge in [0, 0.05) is 6.42 Å². The summed E-state index contributed by atoms with van der Waals surface area (Å²) in [6, 6.07) is -0.906. The maximum Gasteiger partial charge on any atom is 0.268 e. The Balaban J connectivity index is 4.06. The summed E-state index contributed by atoms with van der Waals surface area (Å²) in [5.74, 6) is -0.202. The summed E-state index contributed by atoms with van der Waals surface area (Å²) >= 11 is 0. The Hall–Kier alpha value is -1.80. The maximum atomic E-state index is 13.0. The molecule has 8 nitrogen and oxygen atoms in total. The van der Waals surface area contributed by atoms with Crippen LogP contribution in [-0.2, 0) is 18.4 Å².